The van der Waals surface area contributed by atoms with Crippen LogP contribution in [-0.4, -0.2) is 63.2 Å². The number of hydrogen-bond acceptors (Lipinski definition) is 4. The lowest BCUT2D eigenvalue weighted by atomic mass is 10.2. The van der Waals surface area contributed by atoms with Crippen LogP contribution in [0.4, 0.5) is 0 Å². The molecule has 0 N–H and O–H groups in total. The highest BCUT2D eigenvalue weighted by Crippen LogP contribution is 2.21. The molecule has 4 aromatic rings. The predicted molar refractivity (Wildman–Crippen MR) is 135 cm³/mol. The minimum Gasteiger partial charge on any atom is -0.333 e. The smallest absolute Gasteiger partial charge is 0.293 e. The van der Waals surface area contributed by atoms with E-state index in [-0.39, 0.29) is 11.7 Å². The Morgan fingerprint density at radius 3 is 2.09 bits per heavy atom. The predicted octanol–water partition coefficient (Wildman–Crippen LogP) is 4.41. The minimum absolute atomic E-state index is 0.119. The molecule has 1 aliphatic heterocycles. The third-order valence-corrected chi connectivity index (χ3v) is 5.96. The Kier molecular flexibility index (Phi) is 6.59. The molecule has 3 aromatic carbocycles. The zero-order chi connectivity index (χ0) is 23.2. The molecule has 170 valence electrons. The Morgan fingerprint density at radius 2 is 1.41 bits per heavy atom. The van der Waals surface area contributed by atoms with Gasteiger partial charge in [0.1, 0.15) is 0 Å². The standard InChI is InChI=1S/C28H27N5O/c34-28(32-21-19-31(20-22-32)18-10-13-23-11-4-1-5-12-23)26-29-27(24-14-6-2-7-15-24)33(30-26)25-16-8-3-9-17-25/h1-17H,18-22H2/b13-10+. The molecule has 0 saturated carbocycles. The summed E-state index contributed by atoms with van der Waals surface area (Å²) in [5, 5.41) is 4.62. The van der Waals surface area contributed by atoms with Crippen molar-refractivity contribution in [1.82, 2.24) is 24.6 Å². The molecule has 0 aliphatic carbocycles. The van der Waals surface area contributed by atoms with Crippen LogP contribution in [0.3, 0.4) is 0 Å². The van der Waals surface area contributed by atoms with Crippen LogP contribution in [0.15, 0.2) is 97.1 Å². The molecule has 6 heteroatoms. The molecule has 6 nitrogen and oxygen atoms in total. The van der Waals surface area contributed by atoms with Crippen molar-refractivity contribution in [2.45, 2.75) is 0 Å². The van der Waals surface area contributed by atoms with E-state index in [9.17, 15) is 4.79 Å². The number of carbonyl (C=O) groups excluding carboxylic acids is 1. The summed E-state index contributed by atoms with van der Waals surface area (Å²) in [6.07, 6.45) is 4.32. The molecular weight excluding hydrogens is 422 g/mol. The van der Waals surface area contributed by atoms with Crippen LogP contribution in [0.2, 0.25) is 0 Å². The fourth-order valence-corrected chi connectivity index (χ4v) is 4.10. The van der Waals surface area contributed by atoms with Crippen LogP contribution in [0, 0.1) is 0 Å². The first-order valence-electron chi connectivity index (χ1n) is 11.6. The molecule has 34 heavy (non-hydrogen) atoms. The van der Waals surface area contributed by atoms with E-state index in [1.807, 2.05) is 83.8 Å². The van der Waals surface area contributed by atoms with Gasteiger partial charge in [-0.1, -0.05) is 91.0 Å². The van der Waals surface area contributed by atoms with E-state index in [1.54, 1.807) is 4.68 Å². The Labute approximate surface area is 199 Å². The third-order valence-electron chi connectivity index (χ3n) is 5.96. The maximum atomic E-state index is 13.3. The number of amides is 1. The Morgan fingerprint density at radius 1 is 0.794 bits per heavy atom. The number of hydrogen-bond donors (Lipinski definition) is 0. The lowest BCUT2D eigenvalue weighted by Crippen LogP contribution is -2.48. The lowest BCUT2D eigenvalue weighted by Gasteiger charge is -2.33. The largest absolute Gasteiger partial charge is 0.333 e. The van der Waals surface area contributed by atoms with Crippen molar-refractivity contribution in [3.8, 4) is 17.1 Å². The van der Waals surface area contributed by atoms with Gasteiger partial charge in [0.15, 0.2) is 5.82 Å². The van der Waals surface area contributed by atoms with Crippen LogP contribution in [0.5, 0.6) is 0 Å². The Hall–Kier alpha value is -4.03. The summed E-state index contributed by atoms with van der Waals surface area (Å²) >= 11 is 0. The maximum absolute atomic E-state index is 13.3. The molecule has 1 aliphatic rings. The highest BCUT2D eigenvalue weighted by molar-refractivity contribution is 5.91. The molecular formula is C28H27N5O. The first-order valence-corrected chi connectivity index (χ1v) is 11.6. The van der Waals surface area contributed by atoms with Crippen molar-refractivity contribution < 1.29 is 4.79 Å². The first kappa shape index (κ1) is 21.8. The molecule has 0 spiro atoms. The topological polar surface area (TPSA) is 54.3 Å². The number of nitrogens with zero attached hydrogens (tertiary/aromatic N) is 5. The summed E-state index contributed by atoms with van der Waals surface area (Å²) < 4.78 is 1.76. The van der Waals surface area contributed by atoms with Gasteiger partial charge >= 0.3 is 0 Å². The summed E-state index contributed by atoms with van der Waals surface area (Å²) in [4.78, 5) is 22.2. The van der Waals surface area contributed by atoms with Gasteiger partial charge in [0, 0.05) is 38.3 Å². The van der Waals surface area contributed by atoms with Crippen molar-refractivity contribution in [2.24, 2.45) is 0 Å². The van der Waals surface area contributed by atoms with Crippen LogP contribution < -0.4 is 0 Å². The number of benzene rings is 3. The van der Waals surface area contributed by atoms with Gasteiger partial charge in [0.2, 0.25) is 5.82 Å². The fourth-order valence-electron chi connectivity index (χ4n) is 4.10. The average Bonchev–Trinajstić information content (AvgIpc) is 3.36. The molecule has 5 rings (SSSR count). The number of aromatic nitrogens is 3. The Bertz CT molecular complexity index is 1190. The van der Waals surface area contributed by atoms with Gasteiger partial charge in [-0.05, 0) is 17.7 Å². The monoisotopic (exact) mass is 449 g/mol. The van der Waals surface area contributed by atoms with Crippen molar-refractivity contribution in [3.05, 3.63) is 108 Å². The summed E-state index contributed by atoms with van der Waals surface area (Å²) in [5.74, 6) is 0.784. The number of rotatable bonds is 6. The van der Waals surface area contributed by atoms with E-state index in [0.29, 0.717) is 18.9 Å². The number of carbonyl (C=O) groups is 1. The van der Waals surface area contributed by atoms with Gasteiger partial charge in [-0.2, -0.15) is 0 Å². The van der Waals surface area contributed by atoms with Crippen LogP contribution in [0.1, 0.15) is 16.2 Å². The van der Waals surface area contributed by atoms with Crippen molar-refractivity contribution >= 4 is 12.0 Å². The van der Waals surface area contributed by atoms with Crippen LogP contribution in [0.25, 0.3) is 23.2 Å². The van der Waals surface area contributed by atoms with E-state index < -0.39 is 0 Å². The molecule has 0 unspecified atom stereocenters. The summed E-state index contributed by atoms with van der Waals surface area (Å²) in [6.45, 7) is 3.86. The van der Waals surface area contributed by atoms with Crippen molar-refractivity contribution in [3.63, 3.8) is 0 Å². The third kappa shape index (κ3) is 4.97. The highest BCUT2D eigenvalue weighted by atomic mass is 16.2. The van der Waals surface area contributed by atoms with E-state index >= 15 is 0 Å². The zero-order valence-electron chi connectivity index (χ0n) is 19.0. The highest BCUT2D eigenvalue weighted by Gasteiger charge is 2.26. The van der Waals surface area contributed by atoms with Crippen molar-refractivity contribution in [1.29, 1.82) is 0 Å². The number of piperazine rings is 1. The maximum Gasteiger partial charge on any atom is 0.293 e. The van der Waals surface area contributed by atoms with Gasteiger partial charge < -0.3 is 4.90 Å². The molecule has 2 heterocycles. The quantitative estimate of drug-likeness (QED) is 0.438. The molecule has 1 saturated heterocycles. The van der Waals surface area contributed by atoms with Gasteiger partial charge in [-0.15, -0.1) is 5.10 Å². The van der Waals surface area contributed by atoms with Crippen molar-refractivity contribution in [2.75, 3.05) is 32.7 Å². The van der Waals surface area contributed by atoms with Gasteiger partial charge in [-0.3, -0.25) is 9.69 Å². The van der Waals surface area contributed by atoms with Gasteiger partial charge in [0.25, 0.3) is 5.91 Å². The summed E-state index contributed by atoms with van der Waals surface area (Å²) in [6, 6.07) is 30.0. The summed E-state index contributed by atoms with van der Waals surface area (Å²) in [5.41, 5.74) is 3.00. The second kappa shape index (κ2) is 10.3. The van der Waals surface area contributed by atoms with E-state index in [2.05, 4.69) is 39.3 Å². The van der Waals surface area contributed by atoms with Gasteiger partial charge in [0.05, 0.1) is 5.69 Å². The SMILES string of the molecule is O=C(c1nc(-c2ccccc2)n(-c2ccccc2)n1)N1CCN(C/C=C/c2ccccc2)CC1. The molecule has 1 amide bonds. The van der Waals surface area contributed by atoms with Gasteiger partial charge in [-0.25, -0.2) is 9.67 Å². The minimum atomic E-state index is -0.119. The fraction of sp³-hybridized carbons (Fsp3) is 0.179. The summed E-state index contributed by atoms with van der Waals surface area (Å²) in [7, 11) is 0. The van der Waals surface area contributed by atoms with E-state index in [1.165, 1.54) is 5.56 Å². The molecule has 1 fully saturated rings. The molecule has 0 atom stereocenters. The second-order valence-corrected chi connectivity index (χ2v) is 8.28. The van der Waals surface area contributed by atoms with Crippen LogP contribution >= 0.6 is 0 Å². The molecule has 0 radical (unpaired) electrons. The average molecular weight is 450 g/mol. The van der Waals surface area contributed by atoms with Crippen LogP contribution in [-0.2, 0) is 0 Å². The second-order valence-electron chi connectivity index (χ2n) is 8.28. The normalized spacial score (nSPS) is 14.5. The first-order chi connectivity index (χ1) is 16.8. The Balaban J connectivity index is 1.28. The van der Waals surface area contributed by atoms with E-state index in [4.69, 9.17) is 0 Å². The van der Waals surface area contributed by atoms with E-state index in [0.717, 1.165) is 30.9 Å². The molecule has 1 aromatic heterocycles. The number of para-hydroxylation sites is 1. The zero-order valence-corrected chi connectivity index (χ0v) is 19.0. The molecule has 0 bridgehead atoms. The lowest BCUT2D eigenvalue weighted by molar-refractivity contribution is 0.0638.